The van der Waals surface area contributed by atoms with Gasteiger partial charge in [-0.05, 0) is 96.8 Å². The summed E-state index contributed by atoms with van der Waals surface area (Å²) in [6, 6.07) is 44.5. The van der Waals surface area contributed by atoms with Gasteiger partial charge in [-0.25, -0.2) is 9.97 Å². The second-order valence-electron chi connectivity index (χ2n) is 13.3. The van der Waals surface area contributed by atoms with E-state index in [9.17, 15) is 0 Å². The number of aromatic amines is 2. The first-order chi connectivity index (χ1) is 25.5. The number of nitrogens with zero attached hydrogens (tertiary/aromatic N) is 2. The molecule has 52 heavy (non-hydrogen) atoms. The molecule has 4 heteroatoms. The van der Waals surface area contributed by atoms with Gasteiger partial charge in [-0.15, -0.1) is 6.42 Å². The summed E-state index contributed by atoms with van der Waals surface area (Å²) < 4.78 is 0. The molecule has 2 N–H and O–H groups in total. The van der Waals surface area contributed by atoms with Crippen LogP contribution in [0.3, 0.4) is 0 Å². The first-order valence-corrected chi connectivity index (χ1v) is 17.5. The lowest BCUT2D eigenvalue weighted by molar-refractivity contribution is 1.31. The fourth-order valence-electron chi connectivity index (χ4n) is 7.20. The van der Waals surface area contributed by atoms with E-state index in [0.29, 0.717) is 0 Å². The molecule has 5 heterocycles. The highest BCUT2D eigenvalue weighted by atomic mass is 14.8. The number of fused-ring (bicyclic) bond motifs is 8. The van der Waals surface area contributed by atoms with Gasteiger partial charge in [-0.2, -0.15) is 0 Å². The van der Waals surface area contributed by atoms with E-state index in [1.807, 2.05) is 18.2 Å². The Kier molecular flexibility index (Phi) is 7.60. The van der Waals surface area contributed by atoms with Crippen LogP contribution in [0.4, 0.5) is 0 Å². The number of benzene rings is 4. The summed E-state index contributed by atoms with van der Waals surface area (Å²) in [5, 5.41) is 0. The molecule has 0 saturated heterocycles. The van der Waals surface area contributed by atoms with Gasteiger partial charge >= 0.3 is 0 Å². The summed E-state index contributed by atoms with van der Waals surface area (Å²) in [6.07, 6.45) is 14.3. The van der Waals surface area contributed by atoms with Crippen molar-refractivity contribution >= 4 is 46.4 Å². The molecular weight excluding hydrogens is 633 g/mol. The Bertz CT molecular complexity index is 2730. The second-order valence-corrected chi connectivity index (χ2v) is 13.3. The number of aryl methyl sites for hydroxylation is 2. The third-order valence-electron chi connectivity index (χ3n) is 9.84. The van der Waals surface area contributed by atoms with E-state index in [1.165, 1.54) is 11.1 Å². The van der Waals surface area contributed by atoms with Gasteiger partial charge in [0.2, 0.25) is 0 Å². The Labute approximate surface area is 302 Å². The summed E-state index contributed by atoms with van der Waals surface area (Å²) in [6.45, 7) is 4.22. The van der Waals surface area contributed by atoms with Gasteiger partial charge in [0.1, 0.15) is 0 Å². The summed E-state index contributed by atoms with van der Waals surface area (Å²) in [7, 11) is 0. The van der Waals surface area contributed by atoms with E-state index in [-0.39, 0.29) is 0 Å². The van der Waals surface area contributed by atoms with Crippen LogP contribution in [-0.4, -0.2) is 19.9 Å². The van der Waals surface area contributed by atoms with Crippen LogP contribution in [0.5, 0.6) is 0 Å². The molecule has 7 aromatic rings. The van der Waals surface area contributed by atoms with Crippen molar-refractivity contribution in [2.75, 3.05) is 0 Å². The highest BCUT2D eigenvalue weighted by Crippen LogP contribution is 2.38. The van der Waals surface area contributed by atoms with Crippen molar-refractivity contribution in [1.29, 1.82) is 0 Å². The zero-order valence-electron chi connectivity index (χ0n) is 28.9. The lowest BCUT2D eigenvalue weighted by Gasteiger charge is -2.07. The fraction of sp³-hybridized carbons (Fsp3) is 0.0417. The van der Waals surface area contributed by atoms with Gasteiger partial charge in [0, 0.05) is 49.9 Å². The van der Waals surface area contributed by atoms with Crippen molar-refractivity contribution in [3.05, 3.63) is 167 Å². The molecule has 0 saturated carbocycles. The number of hydrogen-bond acceptors (Lipinski definition) is 2. The normalized spacial score (nSPS) is 11.9. The Balaban J connectivity index is 1.47. The van der Waals surface area contributed by atoms with E-state index in [4.69, 9.17) is 16.4 Å². The summed E-state index contributed by atoms with van der Waals surface area (Å²) in [5.74, 6) is 2.76. The maximum atomic E-state index is 5.76. The van der Waals surface area contributed by atoms with Gasteiger partial charge in [-0.1, -0.05) is 108 Å². The van der Waals surface area contributed by atoms with Crippen LogP contribution in [0.25, 0.3) is 90.9 Å². The monoisotopic (exact) mass is 666 g/mol. The zero-order chi connectivity index (χ0) is 35.2. The standard InChI is InChI=1S/C48H34N4/c1-4-32-14-20-36(21-15-32)48-43-28-26-41(51-43)46(34-16-10-30(2)11-17-34)39-24-22-37(49-39)45(33-8-6-5-7-9-33)38-23-25-40(50-38)47(42-27-29-44(48)52-42)35-18-12-31(3)13-19-35/h1,5-29,49,52H,2-3H3. The average Bonchev–Trinajstić information content (AvgIpc) is 4.02. The largest absolute Gasteiger partial charge is 0.354 e. The van der Waals surface area contributed by atoms with Crippen molar-refractivity contribution < 1.29 is 0 Å². The third-order valence-corrected chi connectivity index (χ3v) is 9.84. The molecule has 8 bridgehead atoms. The summed E-state index contributed by atoms with van der Waals surface area (Å²) in [5.41, 5.74) is 19.0. The topological polar surface area (TPSA) is 57.4 Å². The molecular formula is C48H34N4. The number of nitrogens with one attached hydrogen (secondary N) is 2. The predicted molar refractivity (Wildman–Crippen MR) is 218 cm³/mol. The van der Waals surface area contributed by atoms with Crippen molar-refractivity contribution in [3.8, 4) is 56.9 Å². The number of aromatic nitrogens is 4. The van der Waals surface area contributed by atoms with Gasteiger partial charge in [0.25, 0.3) is 0 Å². The maximum Gasteiger partial charge on any atom is 0.0737 e. The molecule has 4 aromatic carbocycles. The Morgan fingerprint density at radius 1 is 0.404 bits per heavy atom. The van der Waals surface area contributed by atoms with E-state index >= 15 is 0 Å². The van der Waals surface area contributed by atoms with Crippen molar-refractivity contribution in [2.24, 2.45) is 0 Å². The first-order valence-electron chi connectivity index (χ1n) is 17.5. The number of rotatable bonds is 4. The Morgan fingerprint density at radius 2 is 0.731 bits per heavy atom. The van der Waals surface area contributed by atoms with Crippen LogP contribution >= 0.6 is 0 Å². The van der Waals surface area contributed by atoms with Crippen LogP contribution < -0.4 is 0 Å². The van der Waals surface area contributed by atoms with Crippen molar-refractivity contribution in [1.82, 2.24) is 19.9 Å². The summed E-state index contributed by atoms with van der Waals surface area (Å²) in [4.78, 5) is 18.4. The van der Waals surface area contributed by atoms with Gasteiger partial charge < -0.3 is 9.97 Å². The van der Waals surface area contributed by atoms with E-state index in [0.717, 1.165) is 94.9 Å². The molecule has 0 atom stereocenters. The molecule has 3 aromatic heterocycles. The fourth-order valence-corrected chi connectivity index (χ4v) is 7.20. The molecule has 0 radical (unpaired) electrons. The highest BCUT2D eigenvalue weighted by molar-refractivity contribution is 5.99. The number of H-pyrrole nitrogens is 2. The SMILES string of the molecule is C#Cc1ccc(-c2c3nc(c(-c4ccc(C)cc4)c4ccc([nH]4)c(-c4ccccc4)c4nc(c(-c5ccc(C)cc5)c5ccc2[nH]5)C=C4)C=C3)cc1. The van der Waals surface area contributed by atoms with Crippen LogP contribution in [0.1, 0.15) is 39.5 Å². The zero-order valence-corrected chi connectivity index (χ0v) is 28.9. The molecule has 2 aliphatic heterocycles. The molecule has 4 nitrogen and oxygen atoms in total. The third kappa shape index (κ3) is 5.55. The van der Waals surface area contributed by atoms with E-state index in [2.05, 4.69) is 163 Å². The number of terminal acetylenes is 1. The van der Waals surface area contributed by atoms with Gasteiger partial charge in [0.15, 0.2) is 0 Å². The van der Waals surface area contributed by atoms with Crippen LogP contribution in [-0.2, 0) is 0 Å². The molecule has 0 spiro atoms. The van der Waals surface area contributed by atoms with E-state index < -0.39 is 0 Å². The molecule has 0 unspecified atom stereocenters. The molecule has 9 rings (SSSR count). The average molecular weight is 667 g/mol. The molecule has 0 amide bonds. The Morgan fingerprint density at radius 3 is 1.08 bits per heavy atom. The second kappa shape index (κ2) is 12.7. The van der Waals surface area contributed by atoms with Crippen LogP contribution in [0, 0.1) is 26.2 Å². The lowest BCUT2D eigenvalue weighted by atomic mass is 10.0. The van der Waals surface area contributed by atoms with Crippen molar-refractivity contribution in [3.63, 3.8) is 0 Å². The number of hydrogen-bond donors (Lipinski definition) is 2. The minimum absolute atomic E-state index is 0.832. The molecule has 246 valence electrons. The van der Waals surface area contributed by atoms with Crippen LogP contribution in [0.2, 0.25) is 0 Å². The predicted octanol–water partition coefficient (Wildman–Crippen LogP) is 11.9. The summed E-state index contributed by atoms with van der Waals surface area (Å²) >= 11 is 0. The lowest BCUT2D eigenvalue weighted by Crippen LogP contribution is -1.90. The quantitative estimate of drug-likeness (QED) is 0.184. The molecule has 0 aliphatic carbocycles. The smallest absolute Gasteiger partial charge is 0.0737 e. The van der Waals surface area contributed by atoms with E-state index in [1.54, 1.807) is 0 Å². The minimum Gasteiger partial charge on any atom is -0.354 e. The maximum absolute atomic E-state index is 5.76. The van der Waals surface area contributed by atoms with Crippen LogP contribution in [0.15, 0.2) is 127 Å². The molecule has 2 aliphatic rings. The molecule has 0 fully saturated rings. The van der Waals surface area contributed by atoms with Crippen molar-refractivity contribution in [2.45, 2.75) is 13.8 Å². The highest BCUT2D eigenvalue weighted by Gasteiger charge is 2.19. The Hall–Kier alpha value is -6.96. The minimum atomic E-state index is 0.832. The van der Waals surface area contributed by atoms with Gasteiger partial charge in [-0.3, -0.25) is 0 Å². The van der Waals surface area contributed by atoms with Gasteiger partial charge in [0.05, 0.1) is 22.8 Å². The first kappa shape index (κ1) is 31.1.